The van der Waals surface area contributed by atoms with Crippen molar-refractivity contribution in [2.24, 2.45) is 10.4 Å². The Kier molecular flexibility index (Phi) is 6.07. The largest absolute Gasteiger partial charge is 0.527 e. The molecule has 0 aromatic heterocycles. The summed E-state index contributed by atoms with van der Waals surface area (Å²) in [6, 6.07) is 0. The third kappa shape index (κ3) is 4.15. The van der Waals surface area contributed by atoms with E-state index < -0.39 is 14.5 Å². The van der Waals surface area contributed by atoms with Crippen LogP contribution in [0, 0.1) is 5.41 Å². The van der Waals surface area contributed by atoms with Crippen molar-refractivity contribution < 1.29 is 18.1 Å². The molecule has 5 nitrogen and oxygen atoms in total. The molecule has 0 radical (unpaired) electrons. The Morgan fingerprint density at radius 1 is 1.19 bits per heavy atom. The number of hydrogen-bond acceptors (Lipinski definition) is 5. The van der Waals surface area contributed by atoms with E-state index in [2.05, 4.69) is 25.8 Å². The topological polar surface area (TPSA) is 57.1 Å². The van der Waals surface area contributed by atoms with Gasteiger partial charge in [0, 0.05) is 21.3 Å². The number of rotatable bonds is 6. The normalized spacial score (nSPS) is 14.4. The minimum absolute atomic E-state index is 0.00113. The Bertz CT molecular complexity index is 246. The van der Waals surface area contributed by atoms with E-state index in [9.17, 15) is 4.79 Å². The van der Waals surface area contributed by atoms with Crippen molar-refractivity contribution in [2.75, 3.05) is 21.3 Å². The summed E-state index contributed by atoms with van der Waals surface area (Å²) in [5.74, 6) is 0. The van der Waals surface area contributed by atoms with Crippen LogP contribution in [0.3, 0.4) is 0 Å². The van der Waals surface area contributed by atoms with Crippen LogP contribution in [0.1, 0.15) is 27.2 Å². The molecule has 0 saturated carbocycles. The molecule has 1 unspecified atom stereocenters. The Morgan fingerprint density at radius 2 is 1.62 bits per heavy atom. The second-order valence-corrected chi connectivity index (χ2v) is 7.82. The van der Waals surface area contributed by atoms with Crippen molar-refractivity contribution in [3.63, 3.8) is 0 Å². The highest BCUT2D eigenvalue weighted by Crippen LogP contribution is 2.28. The van der Waals surface area contributed by atoms with Crippen molar-refractivity contribution in [2.45, 2.75) is 32.9 Å². The summed E-state index contributed by atoms with van der Waals surface area (Å²) >= 11 is 0. The molecule has 0 bridgehead atoms. The van der Waals surface area contributed by atoms with E-state index in [0.29, 0.717) is 6.42 Å². The van der Waals surface area contributed by atoms with Crippen LogP contribution in [0.5, 0.6) is 0 Å². The molecule has 0 N–H and O–H groups in total. The Labute approximate surface area is 98.2 Å². The summed E-state index contributed by atoms with van der Waals surface area (Å²) in [6.07, 6.45) is 2.21. The second-order valence-electron chi connectivity index (χ2n) is 4.72. The molecule has 0 rings (SSSR count). The molecule has 0 fully saturated rings. The standard InChI is InChI=1S/C10H21NO4Si/c1-10(2,3)7-9(11-8-12)16(13-4,14-5)15-6/h9H,7H2,1-6H3. The van der Waals surface area contributed by atoms with Crippen LogP contribution < -0.4 is 0 Å². The fourth-order valence-corrected chi connectivity index (χ4v) is 3.94. The third-order valence-electron chi connectivity index (χ3n) is 2.28. The molecule has 6 heteroatoms. The molecule has 0 saturated heterocycles. The van der Waals surface area contributed by atoms with Gasteiger partial charge in [0.05, 0.1) is 0 Å². The number of carbonyl (C=O) groups excluding carboxylic acids is 1. The number of hydrogen-bond donors (Lipinski definition) is 0. The van der Waals surface area contributed by atoms with E-state index in [4.69, 9.17) is 13.3 Å². The maximum absolute atomic E-state index is 10.5. The highest BCUT2D eigenvalue weighted by Gasteiger charge is 2.49. The maximum Gasteiger partial charge on any atom is 0.527 e. The molecule has 0 aliphatic carbocycles. The zero-order chi connectivity index (χ0) is 12.8. The van der Waals surface area contributed by atoms with Gasteiger partial charge in [-0.1, -0.05) is 20.8 Å². The molecule has 0 aliphatic heterocycles. The summed E-state index contributed by atoms with van der Waals surface area (Å²) < 4.78 is 16.0. The van der Waals surface area contributed by atoms with Gasteiger partial charge in [-0.25, -0.2) is 4.79 Å². The molecule has 0 spiro atoms. The number of nitrogens with zero attached hydrogens (tertiary/aromatic N) is 1. The van der Waals surface area contributed by atoms with E-state index in [-0.39, 0.29) is 5.41 Å². The molecule has 0 aromatic carbocycles. The fourth-order valence-electron chi connectivity index (χ4n) is 1.55. The van der Waals surface area contributed by atoms with Crippen LogP contribution >= 0.6 is 0 Å². The van der Waals surface area contributed by atoms with Gasteiger partial charge in [0.15, 0.2) is 0 Å². The van der Waals surface area contributed by atoms with Gasteiger partial charge >= 0.3 is 8.80 Å². The predicted molar refractivity (Wildman–Crippen MR) is 62.8 cm³/mol. The van der Waals surface area contributed by atoms with Gasteiger partial charge in [0.2, 0.25) is 6.08 Å². The first kappa shape index (κ1) is 15.5. The smallest absolute Gasteiger partial charge is 0.376 e. The van der Waals surface area contributed by atoms with Crippen molar-refractivity contribution >= 4 is 14.9 Å². The summed E-state index contributed by atoms with van der Waals surface area (Å²) in [6.45, 7) is 6.17. The monoisotopic (exact) mass is 247 g/mol. The minimum atomic E-state index is -2.91. The van der Waals surface area contributed by atoms with Crippen molar-refractivity contribution in [3.05, 3.63) is 0 Å². The van der Waals surface area contributed by atoms with Gasteiger partial charge in [0.25, 0.3) is 0 Å². The Hall–Kier alpha value is -0.523. The lowest BCUT2D eigenvalue weighted by molar-refractivity contribution is 0.106. The summed E-state index contributed by atoms with van der Waals surface area (Å²) in [5.41, 5.74) is -0.413. The lowest BCUT2D eigenvalue weighted by Gasteiger charge is -2.32. The predicted octanol–water partition coefficient (Wildman–Crippen LogP) is 1.54. The quantitative estimate of drug-likeness (QED) is 0.406. The minimum Gasteiger partial charge on any atom is -0.376 e. The van der Waals surface area contributed by atoms with Crippen LogP contribution in [0.4, 0.5) is 0 Å². The molecule has 1 atom stereocenters. The zero-order valence-electron chi connectivity index (χ0n) is 10.9. The van der Waals surface area contributed by atoms with Gasteiger partial charge in [-0.05, 0) is 11.8 Å². The van der Waals surface area contributed by atoms with E-state index >= 15 is 0 Å². The first-order chi connectivity index (χ1) is 7.35. The molecule has 94 valence electrons. The van der Waals surface area contributed by atoms with Crippen molar-refractivity contribution in [1.29, 1.82) is 0 Å². The maximum atomic E-state index is 10.5. The lowest BCUT2D eigenvalue weighted by atomic mass is 9.92. The van der Waals surface area contributed by atoms with Crippen LogP contribution in [0.25, 0.3) is 0 Å². The van der Waals surface area contributed by atoms with Crippen molar-refractivity contribution in [1.82, 2.24) is 0 Å². The lowest BCUT2D eigenvalue weighted by Crippen LogP contribution is -2.54. The number of isocyanates is 1. The second kappa shape index (κ2) is 6.27. The van der Waals surface area contributed by atoms with Gasteiger partial charge in [-0.2, -0.15) is 4.99 Å². The zero-order valence-corrected chi connectivity index (χ0v) is 11.9. The summed E-state index contributed by atoms with van der Waals surface area (Å²) in [7, 11) is 1.62. The highest BCUT2D eigenvalue weighted by atomic mass is 28.4. The molecule has 16 heavy (non-hydrogen) atoms. The van der Waals surface area contributed by atoms with E-state index in [1.807, 2.05) is 0 Å². The fraction of sp³-hybridized carbons (Fsp3) is 0.900. The summed E-state index contributed by atoms with van der Waals surface area (Å²) in [4.78, 5) is 14.2. The first-order valence-electron chi connectivity index (χ1n) is 5.07. The van der Waals surface area contributed by atoms with Gasteiger partial charge < -0.3 is 13.3 Å². The molecular formula is C10H21NO4Si. The van der Waals surface area contributed by atoms with E-state index in [1.54, 1.807) is 6.08 Å². The molecule has 0 aromatic rings. The SMILES string of the molecule is CO[Si](OC)(OC)C(CC(C)(C)C)N=C=O. The first-order valence-corrected chi connectivity index (χ1v) is 6.88. The van der Waals surface area contributed by atoms with E-state index in [1.165, 1.54) is 21.3 Å². The average molecular weight is 247 g/mol. The van der Waals surface area contributed by atoms with Crippen LogP contribution in [-0.4, -0.2) is 41.9 Å². The Morgan fingerprint density at radius 3 is 1.88 bits per heavy atom. The Balaban J connectivity index is 5.07. The van der Waals surface area contributed by atoms with Crippen LogP contribution in [0.15, 0.2) is 4.99 Å². The number of aliphatic imine (C=N–C) groups is 1. The van der Waals surface area contributed by atoms with Gasteiger partial charge in [-0.15, -0.1) is 0 Å². The highest BCUT2D eigenvalue weighted by molar-refractivity contribution is 6.62. The molecule has 0 amide bonds. The van der Waals surface area contributed by atoms with Gasteiger partial charge in [-0.3, -0.25) is 0 Å². The molecular weight excluding hydrogens is 226 g/mol. The molecule has 0 heterocycles. The van der Waals surface area contributed by atoms with Crippen LogP contribution in [-0.2, 0) is 18.1 Å². The van der Waals surface area contributed by atoms with Crippen molar-refractivity contribution in [3.8, 4) is 0 Å². The van der Waals surface area contributed by atoms with E-state index in [0.717, 1.165) is 0 Å². The van der Waals surface area contributed by atoms with Crippen LogP contribution in [0.2, 0.25) is 0 Å². The average Bonchev–Trinajstić information content (AvgIpc) is 2.19. The molecule has 0 aliphatic rings. The third-order valence-corrected chi connectivity index (χ3v) is 5.13. The summed E-state index contributed by atoms with van der Waals surface area (Å²) in [5, 5.41) is 0. The van der Waals surface area contributed by atoms with Gasteiger partial charge in [0.1, 0.15) is 5.67 Å².